The number of hydrogen-bond donors (Lipinski definition) is 2. The second-order valence-corrected chi connectivity index (χ2v) is 6.79. The standard InChI is InChI=1S/C23H18N2O/c1-15-21(17-11-5-7-13-19(17)24-15)23(16-9-3-2-4-10-16)22(26)18-12-6-8-14-20(18)25-23/h2-14,24-25H,1H3. The van der Waals surface area contributed by atoms with Crippen LogP contribution in [-0.2, 0) is 5.54 Å². The third kappa shape index (κ3) is 1.85. The monoisotopic (exact) mass is 338 g/mol. The van der Waals surface area contributed by atoms with Gasteiger partial charge in [0.2, 0.25) is 0 Å². The van der Waals surface area contributed by atoms with Gasteiger partial charge in [-0.2, -0.15) is 0 Å². The Balaban J connectivity index is 1.88. The first-order valence-corrected chi connectivity index (χ1v) is 8.77. The molecule has 0 fully saturated rings. The molecule has 0 saturated heterocycles. The van der Waals surface area contributed by atoms with Crippen molar-refractivity contribution >= 4 is 22.4 Å². The van der Waals surface area contributed by atoms with E-state index in [-0.39, 0.29) is 5.78 Å². The highest BCUT2D eigenvalue weighted by Gasteiger charge is 2.50. The SMILES string of the molecule is Cc1[nH]c2ccccc2c1C1(c2ccccc2)Nc2ccccc2C1=O. The molecule has 0 bridgehead atoms. The molecule has 0 amide bonds. The van der Waals surface area contributed by atoms with Gasteiger partial charge in [0.25, 0.3) is 0 Å². The molecule has 1 unspecified atom stereocenters. The summed E-state index contributed by atoms with van der Waals surface area (Å²) in [7, 11) is 0. The minimum absolute atomic E-state index is 0.0900. The van der Waals surface area contributed by atoms with Crippen molar-refractivity contribution in [2.75, 3.05) is 5.32 Å². The normalized spacial score (nSPS) is 18.7. The molecule has 2 N–H and O–H groups in total. The molecule has 3 heteroatoms. The third-order valence-electron chi connectivity index (χ3n) is 5.31. The number of para-hydroxylation sites is 2. The smallest absolute Gasteiger partial charge is 0.199 e. The Morgan fingerprint density at radius 3 is 2.31 bits per heavy atom. The van der Waals surface area contributed by atoms with E-state index >= 15 is 0 Å². The molecule has 5 rings (SSSR count). The number of nitrogens with one attached hydrogen (secondary N) is 2. The van der Waals surface area contributed by atoms with Crippen molar-refractivity contribution in [2.24, 2.45) is 0 Å². The first-order chi connectivity index (χ1) is 12.7. The van der Waals surface area contributed by atoms with E-state index in [4.69, 9.17) is 0 Å². The van der Waals surface area contributed by atoms with Gasteiger partial charge < -0.3 is 10.3 Å². The highest BCUT2D eigenvalue weighted by atomic mass is 16.1. The van der Waals surface area contributed by atoms with Crippen molar-refractivity contribution in [3.05, 3.63) is 101 Å². The molecule has 2 heterocycles. The molecule has 0 saturated carbocycles. The van der Waals surface area contributed by atoms with Crippen LogP contribution >= 0.6 is 0 Å². The molecule has 3 aromatic carbocycles. The number of rotatable bonds is 2. The second kappa shape index (κ2) is 5.33. The topological polar surface area (TPSA) is 44.9 Å². The summed E-state index contributed by atoms with van der Waals surface area (Å²) in [5.41, 5.74) is 4.69. The first-order valence-electron chi connectivity index (χ1n) is 8.77. The summed E-state index contributed by atoms with van der Waals surface area (Å²) >= 11 is 0. The number of aromatic amines is 1. The molecule has 0 radical (unpaired) electrons. The average molecular weight is 338 g/mol. The summed E-state index contributed by atoms with van der Waals surface area (Å²) < 4.78 is 0. The largest absolute Gasteiger partial charge is 0.365 e. The van der Waals surface area contributed by atoms with E-state index in [1.165, 1.54) is 0 Å². The summed E-state index contributed by atoms with van der Waals surface area (Å²) in [5.74, 6) is 0.0900. The molecule has 1 aliphatic rings. The number of aryl methyl sites for hydroxylation is 1. The van der Waals surface area contributed by atoms with Crippen LogP contribution in [0.4, 0.5) is 5.69 Å². The van der Waals surface area contributed by atoms with E-state index in [9.17, 15) is 4.79 Å². The van der Waals surface area contributed by atoms with Crippen LogP contribution in [0.3, 0.4) is 0 Å². The van der Waals surface area contributed by atoms with Crippen molar-refractivity contribution in [1.82, 2.24) is 4.98 Å². The Morgan fingerprint density at radius 2 is 1.50 bits per heavy atom. The second-order valence-electron chi connectivity index (χ2n) is 6.79. The van der Waals surface area contributed by atoms with E-state index in [0.29, 0.717) is 0 Å². The number of Topliss-reactive ketones (excluding diaryl/α,β-unsaturated/α-hetero) is 1. The van der Waals surface area contributed by atoms with Crippen LogP contribution < -0.4 is 5.32 Å². The summed E-state index contributed by atoms with van der Waals surface area (Å²) in [6, 6.07) is 25.9. The molecule has 126 valence electrons. The van der Waals surface area contributed by atoms with Crippen LogP contribution in [0.15, 0.2) is 78.9 Å². The predicted octanol–water partition coefficient (Wildman–Crippen LogP) is 5.03. The number of H-pyrrole nitrogens is 1. The Bertz CT molecular complexity index is 1140. The van der Waals surface area contributed by atoms with Crippen LogP contribution in [0.25, 0.3) is 10.9 Å². The highest BCUT2D eigenvalue weighted by molar-refractivity contribution is 6.17. The van der Waals surface area contributed by atoms with Gasteiger partial charge in [-0.15, -0.1) is 0 Å². The Kier molecular flexibility index (Phi) is 3.07. The number of carbonyl (C=O) groups is 1. The molecular weight excluding hydrogens is 320 g/mol. The maximum atomic E-state index is 13.7. The number of ketones is 1. The molecule has 3 nitrogen and oxygen atoms in total. The summed E-state index contributed by atoms with van der Waals surface area (Å²) in [5, 5.41) is 4.65. The number of anilines is 1. The van der Waals surface area contributed by atoms with Crippen LogP contribution in [0.5, 0.6) is 0 Å². The zero-order valence-electron chi connectivity index (χ0n) is 14.4. The van der Waals surface area contributed by atoms with Gasteiger partial charge >= 0.3 is 0 Å². The van der Waals surface area contributed by atoms with Crippen molar-refractivity contribution in [2.45, 2.75) is 12.5 Å². The number of benzene rings is 3. The van der Waals surface area contributed by atoms with E-state index < -0.39 is 5.54 Å². The number of aromatic nitrogens is 1. The number of fused-ring (bicyclic) bond motifs is 2. The van der Waals surface area contributed by atoms with Crippen molar-refractivity contribution in [1.29, 1.82) is 0 Å². The van der Waals surface area contributed by atoms with Crippen LogP contribution in [-0.4, -0.2) is 10.8 Å². The van der Waals surface area contributed by atoms with Gasteiger partial charge in [0, 0.05) is 33.4 Å². The molecule has 26 heavy (non-hydrogen) atoms. The Hall–Kier alpha value is -3.33. The minimum Gasteiger partial charge on any atom is -0.365 e. The molecular formula is C23H18N2O. The quantitative estimate of drug-likeness (QED) is 0.538. The molecule has 0 spiro atoms. The van der Waals surface area contributed by atoms with E-state index in [1.807, 2.05) is 73.7 Å². The lowest BCUT2D eigenvalue weighted by Crippen LogP contribution is -2.40. The lowest BCUT2D eigenvalue weighted by atomic mass is 9.78. The fourth-order valence-electron chi connectivity index (χ4n) is 4.22. The van der Waals surface area contributed by atoms with Gasteiger partial charge in [0.15, 0.2) is 11.3 Å². The van der Waals surface area contributed by atoms with Crippen LogP contribution in [0.2, 0.25) is 0 Å². The summed E-state index contributed by atoms with van der Waals surface area (Å²) in [6.45, 7) is 2.04. The number of hydrogen-bond acceptors (Lipinski definition) is 2. The van der Waals surface area contributed by atoms with Gasteiger partial charge in [0.05, 0.1) is 0 Å². The Labute approximate surface area is 151 Å². The highest BCUT2D eigenvalue weighted by Crippen LogP contribution is 2.47. The van der Waals surface area contributed by atoms with Crippen molar-refractivity contribution < 1.29 is 4.79 Å². The van der Waals surface area contributed by atoms with Gasteiger partial charge in [-0.3, -0.25) is 4.79 Å². The predicted molar refractivity (Wildman–Crippen MR) is 105 cm³/mol. The number of carbonyl (C=O) groups excluding carboxylic acids is 1. The molecule has 1 atom stereocenters. The average Bonchev–Trinajstić information content (AvgIpc) is 3.17. The fraction of sp³-hybridized carbons (Fsp3) is 0.0870. The molecule has 4 aromatic rings. The summed E-state index contributed by atoms with van der Waals surface area (Å²) in [4.78, 5) is 17.2. The summed E-state index contributed by atoms with van der Waals surface area (Å²) in [6.07, 6.45) is 0. The molecule has 1 aliphatic heterocycles. The van der Waals surface area contributed by atoms with Crippen molar-refractivity contribution in [3.8, 4) is 0 Å². The lowest BCUT2D eigenvalue weighted by Gasteiger charge is -2.30. The maximum Gasteiger partial charge on any atom is 0.199 e. The maximum absolute atomic E-state index is 13.7. The fourth-order valence-corrected chi connectivity index (χ4v) is 4.22. The van der Waals surface area contributed by atoms with Gasteiger partial charge in [-0.05, 0) is 30.7 Å². The zero-order valence-corrected chi connectivity index (χ0v) is 14.4. The van der Waals surface area contributed by atoms with Gasteiger partial charge in [0.1, 0.15) is 0 Å². The van der Waals surface area contributed by atoms with Gasteiger partial charge in [-0.25, -0.2) is 0 Å². The van der Waals surface area contributed by atoms with Gasteiger partial charge in [-0.1, -0.05) is 60.7 Å². The Morgan fingerprint density at radius 1 is 0.808 bits per heavy atom. The lowest BCUT2D eigenvalue weighted by molar-refractivity contribution is 0.0941. The first kappa shape index (κ1) is 15.0. The van der Waals surface area contributed by atoms with Crippen LogP contribution in [0, 0.1) is 6.92 Å². The van der Waals surface area contributed by atoms with E-state index in [2.05, 4.69) is 22.4 Å². The van der Waals surface area contributed by atoms with E-state index in [1.54, 1.807) is 0 Å². The van der Waals surface area contributed by atoms with Crippen LogP contribution in [0.1, 0.15) is 27.2 Å². The minimum atomic E-state index is -0.922. The molecule has 1 aromatic heterocycles. The van der Waals surface area contributed by atoms with E-state index in [0.717, 1.165) is 39.0 Å². The zero-order chi connectivity index (χ0) is 17.7. The molecule has 0 aliphatic carbocycles. The van der Waals surface area contributed by atoms with Crippen molar-refractivity contribution in [3.63, 3.8) is 0 Å². The third-order valence-corrected chi connectivity index (χ3v) is 5.31.